The molecule has 0 spiro atoms. The van der Waals surface area contributed by atoms with Crippen molar-refractivity contribution in [3.8, 4) is 17.1 Å². The Bertz CT molecular complexity index is 1050. The molecule has 0 saturated carbocycles. The van der Waals surface area contributed by atoms with Gasteiger partial charge in [0.15, 0.2) is 5.82 Å². The maximum atomic E-state index is 13.4. The summed E-state index contributed by atoms with van der Waals surface area (Å²) < 4.78 is 1.74. The fourth-order valence-electron chi connectivity index (χ4n) is 3.32. The molecule has 0 radical (unpaired) electrons. The van der Waals surface area contributed by atoms with Crippen LogP contribution < -0.4 is 0 Å². The third-order valence-electron chi connectivity index (χ3n) is 4.91. The van der Waals surface area contributed by atoms with E-state index in [0.29, 0.717) is 12.4 Å². The molecule has 3 aromatic carbocycles. The van der Waals surface area contributed by atoms with E-state index in [9.17, 15) is 4.79 Å². The zero-order chi connectivity index (χ0) is 20.9. The summed E-state index contributed by atoms with van der Waals surface area (Å²) in [5, 5.41) is 4.62. The summed E-state index contributed by atoms with van der Waals surface area (Å²) in [6.07, 6.45) is 0. The summed E-state index contributed by atoms with van der Waals surface area (Å²) in [4.78, 5) is 19.9. The molecule has 0 aliphatic rings. The molecule has 150 valence electrons. The average molecular weight is 396 g/mol. The molecular formula is C25H24N4O. The second kappa shape index (κ2) is 8.74. The minimum absolute atomic E-state index is 0.0153. The molecule has 1 aromatic heterocycles. The van der Waals surface area contributed by atoms with Crippen molar-refractivity contribution in [2.24, 2.45) is 0 Å². The van der Waals surface area contributed by atoms with Gasteiger partial charge in [0.05, 0.1) is 5.69 Å². The van der Waals surface area contributed by atoms with E-state index in [4.69, 9.17) is 0 Å². The summed E-state index contributed by atoms with van der Waals surface area (Å²) in [7, 11) is 0. The van der Waals surface area contributed by atoms with Crippen LogP contribution in [0.3, 0.4) is 0 Å². The Kier molecular flexibility index (Phi) is 5.70. The van der Waals surface area contributed by atoms with E-state index in [0.717, 1.165) is 16.8 Å². The number of amides is 1. The van der Waals surface area contributed by atoms with Crippen molar-refractivity contribution in [1.29, 1.82) is 0 Å². The van der Waals surface area contributed by atoms with Crippen molar-refractivity contribution in [2.75, 3.05) is 0 Å². The number of nitrogens with zero attached hydrogens (tertiary/aromatic N) is 4. The molecule has 1 heterocycles. The van der Waals surface area contributed by atoms with Crippen LogP contribution >= 0.6 is 0 Å². The molecule has 0 aliphatic carbocycles. The van der Waals surface area contributed by atoms with E-state index in [-0.39, 0.29) is 17.8 Å². The summed E-state index contributed by atoms with van der Waals surface area (Å²) in [5.74, 6) is 0.664. The van der Waals surface area contributed by atoms with Gasteiger partial charge in [-0.25, -0.2) is 9.67 Å². The minimum atomic E-state index is -0.180. The first-order valence-corrected chi connectivity index (χ1v) is 10.1. The molecule has 0 aliphatic heterocycles. The molecule has 5 nitrogen and oxygen atoms in total. The quantitative estimate of drug-likeness (QED) is 0.462. The van der Waals surface area contributed by atoms with E-state index in [1.165, 1.54) is 0 Å². The van der Waals surface area contributed by atoms with E-state index < -0.39 is 0 Å². The first-order valence-electron chi connectivity index (χ1n) is 10.1. The lowest BCUT2D eigenvalue weighted by molar-refractivity contribution is 0.0678. The van der Waals surface area contributed by atoms with Gasteiger partial charge in [0.1, 0.15) is 0 Å². The third kappa shape index (κ3) is 4.15. The standard InChI is InChI=1S/C25H24N4O/c1-19(2)28(18-20-12-6-3-7-13-20)25(30)23-26-24(21-14-8-4-9-15-21)29(27-23)22-16-10-5-11-17-22/h3-17,19H,18H2,1-2H3. The highest BCUT2D eigenvalue weighted by Gasteiger charge is 2.25. The number of hydrogen-bond donors (Lipinski definition) is 0. The lowest BCUT2D eigenvalue weighted by atomic mass is 10.2. The van der Waals surface area contributed by atoms with Crippen LogP contribution in [0.25, 0.3) is 17.1 Å². The zero-order valence-electron chi connectivity index (χ0n) is 17.1. The monoisotopic (exact) mass is 396 g/mol. The molecule has 0 unspecified atom stereocenters. The second-order valence-electron chi connectivity index (χ2n) is 7.38. The lowest BCUT2D eigenvalue weighted by Gasteiger charge is -2.25. The first kappa shape index (κ1) is 19.6. The van der Waals surface area contributed by atoms with E-state index in [1.54, 1.807) is 9.58 Å². The molecular weight excluding hydrogens is 372 g/mol. The predicted octanol–water partition coefficient (Wildman–Crippen LogP) is 4.99. The van der Waals surface area contributed by atoms with Crippen LogP contribution in [0, 0.1) is 0 Å². The highest BCUT2D eigenvalue weighted by atomic mass is 16.2. The van der Waals surface area contributed by atoms with Crippen molar-refractivity contribution in [3.63, 3.8) is 0 Å². The number of carbonyl (C=O) groups excluding carboxylic acids is 1. The van der Waals surface area contributed by atoms with Gasteiger partial charge in [0.25, 0.3) is 5.91 Å². The van der Waals surface area contributed by atoms with Crippen molar-refractivity contribution < 1.29 is 4.79 Å². The van der Waals surface area contributed by atoms with Gasteiger partial charge in [-0.2, -0.15) is 0 Å². The Balaban J connectivity index is 1.74. The third-order valence-corrected chi connectivity index (χ3v) is 4.91. The summed E-state index contributed by atoms with van der Waals surface area (Å²) in [6.45, 7) is 4.53. The van der Waals surface area contributed by atoms with Crippen LogP contribution in [0.2, 0.25) is 0 Å². The smallest absolute Gasteiger partial charge is 0.294 e. The van der Waals surface area contributed by atoms with Gasteiger partial charge in [-0.15, -0.1) is 5.10 Å². The van der Waals surface area contributed by atoms with Gasteiger partial charge < -0.3 is 4.90 Å². The van der Waals surface area contributed by atoms with Gasteiger partial charge in [-0.3, -0.25) is 4.79 Å². The average Bonchev–Trinajstić information content (AvgIpc) is 3.24. The highest BCUT2D eigenvalue weighted by Crippen LogP contribution is 2.22. The molecule has 4 rings (SSSR count). The second-order valence-corrected chi connectivity index (χ2v) is 7.38. The van der Waals surface area contributed by atoms with Crippen LogP contribution in [0.1, 0.15) is 30.0 Å². The largest absolute Gasteiger partial charge is 0.329 e. The van der Waals surface area contributed by atoms with Crippen LogP contribution in [0.15, 0.2) is 91.0 Å². The first-order chi connectivity index (χ1) is 14.6. The number of hydrogen-bond acceptors (Lipinski definition) is 3. The number of benzene rings is 3. The molecule has 0 N–H and O–H groups in total. The van der Waals surface area contributed by atoms with E-state index in [2.05, 4.69) is 10.1 Å². The van der Waals surface area contributed by atoms with Crippen LogP contribution in [0.5, 0.6) is 0 Å². The van der Waals surface area contributed by atoms with Gasteiger partial charge in [0.2, 0.25) is 5.82 Å². The fraction of sp³-hybridized carbons (Fsp3) is 0.160. The van der Waals surface area contributed by atoms with Crippen molar-refractivity contribution in [3.05, 3.63) is 102 Å². The van der Waals surface area contributed by atoms with Gasteiger partial charge in [-0.05, 0) is 31.5 Å². The molecule has 0 fully saturated rings. The Hall–Kier alpha value is -3.73. The van der Waals surface area contributed by atoms with Crippen molar-refractivity contribution >= 4 is 5.91 Å². The Morgan fingerprint density at radius 3 is 2.03 bits per heavy atom. The van der Waals surface area contributed by atoms with E-state index in [1.807, 2.05) is 105 Å². The number of para-hydroxylation sites is 1. The molecule has 0 bridgehead atoms. The molecule has 30 heavy (non-hydrogen) atoms. The van der Waals surface area contributed by atoms with Gasteiger partial charge in [0, 0.05) is 18.2 Å². The summed E-state index contributed by atoms with van der Waals surface area (Å²) in [6, 6.07) is 29.6. The van der Waals surface area contributed by atoms with E-state index >= 15 is 0 Å². The van der Waals surface area contributed by atoms with Crippen molar-refractivity contribution in [2.45, 2.75) is 26.4 Å². The molecule has 4 aromatic rings. The highest BCUT2D eigenvalue weighted by molar-refractivity contribution is 5.91. The topological polar surface area (TPSA) is 51.0 Å². The maximum Gasteiger partial charge on any atom is 0.294 e. The Morgan fingerprint density at radius 1 is 0.867 bits per heavy atom. The van der Waals surface area contributed by atoms with Gasteiger partial charge in [-0.1, -0.05) is 78.9 Å². The normalized spacial score (nSPS) is 10.9. The maximum absolute atomic E-state index is 13.4. The zero-order valence-corrected chi connectivity index (χ0v) is 17.1. The number of carbonyl (C=O) groups is 1. The molecule has 5 heteroatoms. The Labute approximate surface area is 176 Å². The summed E-state index contributed by atoms with van der Waals surface area (Å²) in [5.41, 5.74) is 2.85. The summed E-state index contributed by atoms with van der Waals surface area (Å²) >= 11 is 0. The molecule has 1 amide bonds. The van der Waals surface area contributed by atoms with Crippen LogP contribution in [0.4, 0.5) is 0 Å². The lowest BCUT2D eigenvalue weighted by Crippen LogP contribution is -2.37. The van der Waals surface area contributed by atoms with Crippen molar-refractivity contribution in [1.82, 2.24) is 19.7 Å². The fourth-order valence-corrected chi connectivity index (χ4v) is 3.32. The number of rotatable bonds is 6. The van der Waals surface area contributed by atoms with Crippen LogP contribution in [-0.2, 0) is 6.54 Å². The predicted molar refractivity (Wildman–Crippen MR) is 118 cm³/mol. The SMILES string of the molecule is CC(C)N(Cc1ccccc1)C(=O)c1nc(-c2ccccc2)n(-c2ccccc2)n1. The molecule has 0 atom stereocenters. The number of aromatic nitrogens is 3. The Morgan fingerprint density at radius 2 is 1.43 bits per heavy atom. The van der Waals surface area contributed by atoms with Crippen LogP contribution in [-0.4, -0.2) is 31.6 Å². The van der Waals surface area contributed by atoms with Gasteiger partial charge >= 0.3 is 0 Å². The molecule has 0 saturated heterocycles. The minimum Gasteiger partial charge on any atom is -0.329 e.